The van der Waals surface area contributed by atoms with Crippen molar-refractivity contribution in [3.8, 4) is 0 Å². The molecule has 0 aliphatic rings. The monoisotopic (exact) mass is 306 g/mol. The molecule has 0 aromatic heterocycles. The maximum absolute atomic E-state index is 6.32. The van der Waals surface area contributed by atoms with Gasteiger partial charge in [0.25, 0.3) is 0 Å². The highest BCUT2D eigenvalue weighted by Gasteiger charge is 2.31. The fourth-order valence-corrected chi connectivity index (χ4v) is 3.36. The first-order valence-corrected chi connectivity index (χ1v) is 7.91. The SMILES string of the molecule is Cc1cccc(CC(CCl)(CCl)c2cccc(C)c2)c1. The molecule has 0 atom stereocenters. The number of hydrogen-bond acceptors (Lipinski definition) is 0. The molecule has 0 saturated carbocycles. The van der Waals surface area contributed by atoms with Gasteiger partial charge in [-0.05, 0) is 31.4 Å². The van der Waals surface area contributed by atoms with Crippen LogP contribution in [0.15, 0.2) is 48.5 Å². The van der Waals surface area contributed by atoms with E-state index in [2.05, 4.69) is 62.4 Å². The summed E-state index contributed by atoms with van der Waals surface area (Å²) < 4.78 is 0. The van der Waals surface area contributed by atoms with E-state index in [9.17, 15) is 0 Å². The Balaban J connectivity index is 2.39. The standard InChI is InChI=1S/C18H20Cl2/c1-14-5-3-7-16(9-14)11-18(12-19,13-20)17-8-4-6-15(2)10-17/h3-10H,11-13H2,1-2H3. The molecule has 0 N–H and O–H groups in total. The molecule has 0 spiro atoms. The largest absolute Gasteiger partial charge is 0.126 e. The van der Waals surface area contributed by atoms with Crippen LogP contribution in [0, 0.1) is 13.8 Å². The highest BCUT2D eigenvalue weighted by atomic mass is 35.5. The topological polar surface area (TPSA) is 0 Å². The van der Waals surface area contributed by atoms with Gasteiger partial charge in [0.1, 0.15) is 0 Å². The fourth-order valence-electron chi connectivity index (χ4n) is 2.57. The number of hydrogen-bond donors (Lipinski definition) is 0. The van der Waals surface area contributed by atoms with Crippen molar-refractivity contribution in [1.29, 1.82) is 0 Å². The quantitative estimate of drug-likeness (QED) is 0.661. The second kappa shape index (κ2) is 6.65. The van der Waals surface area contributed by atoms with Crippen molar-refractivity contribution < 1.29 is 0 Å². The molecular weight excluding hydrogens is 287 g/mol. The summed E-state index contributed by atoms with van der Waals surface area (Å²) in [5.41, 5.74) is 4.82. The van der Waals surface area contributed by atoms with Gasteiger partial charge in [0.15, 0.2) is 0 Å². The van der Waals surface area contributed by atoms with Gasteiger partial charge >= 0.3 is 0 Å². The van der Waals surface area contributed by atoms with E-state index in [-0.39, 0.29) is 5.41 Å². The lowest BCUT2D eigenvalue weighted by Crippen LogP contribution is -2.33. The second-order valence-corrected chi connectivity index (χ2v) is 6.12. The van der Waals surface area contributed by atoms with Crippen LogP contribution in [0.2, 0.25) is 0 Å². The minimum absolute atomic E-state index is 0.205. The van der Waals surface area contributed by atoms with Crippen molar-refractivity contribution in [2.24, 2.45) is 0 Å². The normalized spacial score (nSPS) is 11.6. The van der Waals surface area contributed by atoms with Crippen LogP contribution < -0.4 is 0 Å². The molecule has 0 amide bonds. The molecule has 0 bridgehead atoms. The Bertz CT molecular complexity index is 571. The highest BCUT2D eigenvalue weighted by Crippen LogP contribution is 2.32. The first-order valence-electron chi connectivity index (χ1n) is 6.84. The summed E-state index contributed by atoms with van der Waals surface area (Å²) >= 11 is 12.6. The molecular formula is C18H20Cl2. The molecule has 0 aliphatic heterocycles. The van der Waals surface area contributed by atoms with Crippen LogP contribution in [-0.4, -0.2) is 11.8 Å². The maximum Gasteiger partial charge on any atom is 0.0335 e. The maximum atomic E-state index is 6.32. The Hall–Kier alpha value is -0.980. The van der Waals surface area contributed by atoms with Crippen LogP contribution in [-0.2, 0) is 11.8 Å². The van der Waals surface area contributed by atoms with E-state index in [4.69, 9.17) is 23.2 Å². The number of halogens is 2. The molecule has 0 unspecified atom stereocenters. The van der Waals surface area contributed by atoms with Crippen LogP contribution in [0.25, 0.3) is 0 Å². The van der Waals surface area contributed by atoms with E-state index in [1.54, 1.807) is 0 Å². The number of rotatable bonds is 5. The van der Waals surface area contributed by atoms with Gasteiger partial charge in [0.2, 0.25) is 0 Å². The van der Waals surface area contributed by atoms with Crippen molar-refractivity contribution in [3.05, 3.63) is 70.8 Å². The van der Waals surface area contributed by atoms with Crippen molar-refractivity contribution >= 4 is 23.2 Å². The second-order valence-electron chi connectivity index (χ2n) is 5.58. The molecule has 0 aliphatic carbocycles. The van der Waals surface area contributed by atoms with Crippen LogP contribution in [0.5, 0.6) is 0 Å². The summed E-state index contributed by atoms with van der Waals surface area (Å²) in [6.07, 6.45) is 0.866. The zero-order chi connectivity index (χ0) is 14.6. The van der Waals surface area contributed by atoms with Gasteiger partial charge in [0.05, 0.1) is 0 Å². The predicted molar refractivity (Wildman–Crippen MR) is 89.2 cm³/mol. The summed E-state index contributed by atoms with van der Waals surface area (Å²) in [5, 5.41) is 0. The van der Waals surface area contributed by atoms with Gasteiger partial charge in [-0.25, -0.2) is 0 Å². The molecule has 0 nitrogen and oxygen atoms in total. The highest BCUT2D eigenvalue weighted by molar-refractivity contribution is 6.22. The molecule has 20 heavy (non-hydrogen) atoms. The lowest BCUT2D eigenvalue weighted by molar-refractivity contribution is 0.536. The first kappa shape index (κ1) is 15.4. The van der Waals surface area contributed by atoms with Crippen molar-refractivity contribution in [2.75, 3.05) is 11.8 Å². The zero-order valence-electron chi connectivity index (χ0n) is 12.0. The summed E-state index contributed by atoms with van der Waals surface area (Å²) in [6.45, 7) is 4.21. The Morgan fingerprint density at radius 2 is 1.45 bits per heavy atom. The average molecular weight is 307 g/mol. The fraction of sp³-hybridized carbons (Fsp3) is 0.333. The molecule has 0 fully saturated rings. The third-order valence-electron chi connectivity index (χ3n) is 3.77. The van der Waals surface area contributed by atoms with E-state index in [0.29, 0.717) is 11.8 Å². The molecule has 2 heteroatoms. The Morgan fingerprint density at radius 1 is 0.850 bits per heavy atom. The third kappa shape index (κ3) is 3.37. The van der Waals surface area contributed by atoms with Gasteiger partial charge in [0, 0.05) is 17.2 Å². The summed E-state index contributed by atoms with van der Waals surface area (Å²) in [7, 11) is 0. The number of aryl methyl sites for hydroxylation is 2. The molecule has 2 aromatic rings. The van der Waals surface area contributed by atoms with Crippen LogP contribution >= 0.6 is 23.2 Å². The Kier molecular flexibility index (Phi) is 5.12. The molecule has 0 radical (unpaired) electrons. The summed E-state index contributed by atoms with van der Waals surface area (Å²) in [4.78, 5) is 0. The Labute approximate surface area is 131 Å². The van der Waals surface area contributed by atoms with Crippen molar-refractivity contribution in [2.45, 2.75) is 25.7 Å². The van der Waals surface area contributed by atoms with Crippen LogP contribution in [0.1, 0.15) is 22.3 Å². The third-order valence-corrected chi connectivity index (χ3v) is 4.79. The molecule has 106 valence electrons. The summed E-state index contributed by atoms with van der Waals surface area (Å²) in [6, 6.07) is 17.1. The van der Waals surface area contributed by atoms with Gasteiger partial charge in [-0.15, -0.1) is 23.2 Å². The summed E-state index contributed by atoms with van der Waals surface area (Å²) in [5.74, 6) is 1.04. The van der Waals surface area contributed by atoms with E-state index in [1.165, 1.54) is 22.3 Å². The molecule has 2 rings (SSSR count). The van der Waals surface area contributed by atoms with Gasteiger partial charge in [-0.2, -0.15) is 0 Å². The van der Waals surface area contributed by atoms with Crippen molar-refractivity contribution in [3.63, 3.8) is 0 Å². The zero-order valence-corrected chi connectivity index (χ0v) is 13.5. The average Bonchev–Trinajstić information content (AvgIpc) is 2.45. The number of benzene rings is 2. The minimum Gasteiger partial charge on any atom is -0.126 e. The molecule has 0 saturated heterocycles. The lowest BCUT2D eigenvalue weighted by atomic mass is 9.78. The van der Waals surface area contributed by atoms with Crippen molar-refractivity contribution in [1.82, 2.24) is 0 Å². The van der Waals surface area contributed by atoms with Gasteiger partial charge in [-0.3, -0.25) is 0 Å². The minimum atomic E-state index is -0.205. The van der Waals surface area contributed by atoms with Crippen LogP contribution in [0.3, 0.4) is 0 Å². The van der Waals surface area contributed by atoms with E-state index < -0.39 is 0 Å². The van der Waals surface area contributed by atoms with E-state index >= 15 is 0 Å². The Morgan fingerprint density at radius 3 is 2.00 bits per heavy atom. The number of alkyl halides is 2. The van der Waals surface area contributed by atoms with E-state index in [0.717, 1.165) is 6.42 Å². The van der Waals surface area contributed by atoms with E-state index in [1.807, 2.05) is 0 Å². The molecule has 2 aromatic carbocycles. The first-order chi connectivity index (χ1) is 9.59. The molecule has 0 heterocycles. The van der Waals surface area contributed by atoms with Gasteiger partial charge < -0.3 is 0 Å². The van der Waals surface area contributed by atoms with Gasteiger partial charge in [-0.1, -0.05) is 59.7 Å². The lowest BCUT2D eigenvalue weighted by Gasteiger charge is -2.31. The smallest absolute Gasteiger partial charge is 0.0335 e. The van der Waals surface area contributed by atoms with Crippen LogP contribution in [0.4, 0.5) is 0 Å². The predicted octanol–water partition coefficient (Wildman–Crippen LogP) is 5.26.